The molecule has 1 aromatic carbocycles. The maximum Gasteiger partial charge on any atom is 0.186 e. The molecule has 0 unspecified atom stereocenters. The third kappa shape index (κ3) is 3.78. The van der Waals surface area contributed by atoms with Crippen LogP contribution >= 0.6 is 11.3 Å². The van der Waals surface area contributed by atoms with E-state index in [-0.39, 0.29) is 5.75 Å². The lowest BCUT2D eigenvalue weighted by Gasteiger charge is -2.09. The number of fused-ring (bicyclic) bond motifs is 3. The molecule has 27 heavy (non-hydrogen) atoms. The van der Waals surface area contributed by atoms with E-state index in [9.17, 15) is 5.11 Å². The van der Waals surface area contributed by atoms with Gasteiger partial charge in [-0.25, -0.2) is 9.97 Å². The second kappa shape index (κ2) is 8.00. The smallest absolute Gasteiger partial charge is 0.186 e. The summed E-state index contributed by atoms with van der Waals surface area (Å²) in [6.45, 7) is 0.397. The van der Waals surface area contributed by atoms with E-state index in [1.54, 1.807) is 29.8 Å². The van der Waals surface area contributed by atoms with Crippen LogP contribution in [0.1, 0.15) is 41.7 Å². The van der Waals surface area contributed by atoms with Crippen molar-refractivity contribution in [2.24, 2.45) is 10.2 Å². The van der Waals surface area contributed by atoms with Crippen LogP contribution in [-0.4, -0.2) is 22.2 Å². The number of thiophene rings is 1. The van der Waals surface area contributed by atoms with Crippen molar-refractivity contribution >= 4 is 27.4 Å². The number of nitrogens with zero attached hydrogens (tertiary/aromatic N) is 4. The molecule has 0 aliphatic heterocycles. The number of rotatable bonds is 4. The van der Waals surface area contributed by atoms with E-state index >= 15 is 0 Å². The predicted octanol–water partition coefficient (Wildman–Crippen LogP) is 5.35. The minimum atomic E-state index is 0.118. The highest BCUT2D eigenvalue weighted by molar-refractivity contribution is 7.18. The summed E-state index contributed by atoms with van der Waals surface area (Å²) >= 11 is 1.78. The molecular weight excluding hydrogens is 360 g/mol. The van der Waals surface area contributed by atoms with Crippen LogP contribution in [0, 0.1) is 0 Å². The molecule has 0 saturated carbocycles. The van der Waals surface area contributed by atoms with Crippen molar-refractivity contribution < 1.29 is 9.84 Å². The van der Waals surface area contributed by atoms with Gasteiger partial charge in [0.05, 0.1) is 19.0 Å². The Hall–Kier alpha value is -2.54. The van der Waals surface area contributed by atoms with E-state index in [1.165, 1.54) is 43.2 Å². The fourth-order valence-electron chi connectivity index (χ4n) is 3.51. The number of benzene rings is 1. The molecule has 0 bridgehead atoms. The molecule has 7 heteroatoms. The summed E-state index contributed by atoms with van der Waals surface area (Å²) in [5.41, 5.74) is 2.29. The molecule has 1 aliphatic carbocycles. The number of methoxy groups -OCH3 is 1. The summed E-state index contributed by atoms with van der Waals surface area (Å²) in [5.74, 6) is 1.21. The van der Waals surface area contributed by atoms with Gasteiger partial charge in [0.25, 0.3) is 0 Å². The molecule has 2 heterocycles. The minimum Gasteiger partial charge on any atom is -0.504 e. The average Bonchev–Trinajstić information content (AvgIpc) is 3.00. The molecule has 140 valence electrons. The monoisotopic (exact) mass is 382 g/mol. The van der Waals surface area contributed by atoms with Gasteiger partial charge in [-0.05, 0) is 48.9 Å². The topological polar surface area (TPSA) is 80.0 Å². The van der Waals surface area contributed by atoms with E-state index in [2.05, 4.69) is 20.2 Å². The zero-order chi connectivity index (χ0) is 18.6. The summed E-state index contributed by atoms with van der Waals surface area (Å²) in [4.78, 5) is 11.3. The van der Waals surface area contributed by atoms with Crippen molar-refractivity contribution in [1.82, 2.24) is 9.97 Å². The highest BCUT2D eigenvalue weighted by Crippen LogP contribution is 2.38. The van der Waals surface area contributed by atoms with Gasteiger partial charge in [-0.1, -0.05) is 18.9 Å². The lowest BCUT2D eigenvalue weighted by Crippen LogP contribution is -1.96. The van der Waals surface area contributed by atoms with Crippen LogP contribution in [0.2, 0.25) is 0 Å². The number of aryl methyl sites for hydroxylation is 2. The molecule has 3 aromatic rings. The Morgan fingerprint density at radius 1 is 1.15 bits per heavy atom. The maximum absolute atomic E-state index is 9.69. The summed E-state index contributed by atoms with van der Waals surface area (Å²) < 4.78 is 5.14. The van der Waals surface area contributed by atoms with Crippen LogP contribution < -0.4 is 4.74 Å². The molecule has 0 amide bonds. The Balaban J connectivity index is 1.62. The van der Waals surface area contributed by atoms with Gasteiger partial charge in [-0.2, -0.15) is 5.11 Å². The lowest BCUT2D eigenvalue weighted by atomic mass is 9.98. The summed E-state index contributed by atoms with van der Waals surface area (Å²) in [6, 6.07) is 5.19. The van der Waals surface area contributed by atoms with Crippen molar-refractivity contribution in [3.8, 4) is 11.5 Å². The Bertz CT molecular complexity index is 984. The first kappa shape index (κ1) is 17.9. The summed E-state index contributed by atoms with van der Waals surface area (Å²) in [5, 5.41) is 19.5. The van der Waals surface area contributed by atoms with Crippen LogP contribution in [0.15, 0.2) is 34.8 Å². The predicted molar refractivity (Wildman–Crippen MR) is 106 cm³/mol. The van der Waals surface area contributed by atoms with Crippen molar-refractivity contribution in [2.75, 3.05) is 7.11 Å². The average molecular weight is 382 g/mol. The molecule has 1 aliphatic rings. The van der Waals surface area contributed by atoms with E-state index in [1.807, 2.05) is 6.07 Å². The second-order valence-corrected chi connectivity index (χ2v) is 7.78. The first-order chi connectivity index (χ1) is 13.3. The van der Waals surface area contributed by atoms with Gasteiger partial charge in [0.15, 0.2) is 17.3 Å². The maximum atomic E-state index is 9.69. The van der Waals surface area contributed by atoms with Crippen molar-refractivity contribution in [1.29, 1.82) is 0 Å². The fraction of sp³-hybridized carbons (Fsp3) is 0.400. The fourth-order valence-corrected chi connectivity index (χ4v) is 4.73. The lowest BCUT2D eigenvalue weighted by molar-refractivity contribution is 0.373. The van der Waals surface area contributed by atoms with Crippen LogP contribution in [0.4, 0.5) is 5.82 Å². The van der Waals surface area contributed by atoms with Gasteiger partial charge in [0.1, 0.15) is 11.2 Å². The quantitative estimate of drug-likeness (QED) is 0.617. The van der Waals surface area contributed by atoms with Crippen LogP contribution in [-0.2, 0) is 19.4 Å². The summed E-state index contributed by atoms with van der Waals surface area (Å²) in [7, 11) is 1.53. The number of phenols is 1. The number of azo groups is 1. The zero-order valence-corrected chi connectivity index (χ0v) is 16.1. The normalized spacial score (nSPS) is 14.9. The highest BCUT2D eigenvalue weighted by atomic mass is 32.1. The van der Waals surface area contributed by atoms with Crippen molar-refractivity contribution in [3.05, 3.63) is 40.5 Å². The number of aromatic hydroxyl groups is 1. The molecule has 0 spiro atoms. The van der Waals surface area contributed by atoms with Gasteiger partial charge in [-0.15, -0.1) is 16.5 Å². The van der Waals surface area contributed by atoms with Gasteiger partial charge in [-0.3, -0.25) is 0 Å². The number of hydrogen-bond donors (Lipinski definition) is 1. The number of aromatic nitrogens is 2. The molecule has 4 rings (SSSR count). The number of phenolic OH excluding ortho intramolecular Hbond substituents is 1. The van der Waals surface area contributed by atoms with Crippen LogP contribution in [0.3, 0.4) is 0 Å². The Labute approximate surface area is 162 Å². The molecular formula is C20H22N4O2S. The molecule has 0 atom stereocenters. The first-order valence-electron chi connectivity index (χ1n) is 9.25. The Kier molecular flexibility index (Phi) is 5.29. The van der Waals surface area contributed by atoms with Crippen molar-refractivity contribution in [3.63, 3.8) is 0 Å². The SMILES string of the molecule is COc1cc(CN=Nc2ncnc3sc4c(c23)CCCCCC4)ccc1O. The van der Waals surface area contributed by atoms with Gasteiger partial charge in [0, 0.05) is 4.88 Å². The Morgan fingerprint density at radius 3 is 2.85 bits per heavy atom. The van der Waals surface area contributed by atoms with Gasteiger partial charge >= 0.3 is 0 Å². The van der Waals surface area contributed by atoms with E-state index < -0.39 is 0 Å². The van der Waals surface area contributed by atoms with Crippen molar-refractivity contribution in [2.45, 2.75) is 45.1 Å². The second-order valence-electron chi connectivity index (χ2n) is 6.70. The Morgan fingerprint density at radius 2 is 2.00 bits per heavy atom. The summed E-state index contributed by atoms with van der Waals surface area (Å²) in [6.07, 6.45) is 8.81. The molecule has 6 nitrogen and oxygen atoms in total. The van der Waals surface area contributed by atoms with Crippen LogP contribution in [0.25, 0.3) is 10.2 Å². The molecule has 0 saturated heterocycles. The largest absolute Gasteiger partial charge is 0.504 e. The molecule has 2 aromatic heterocycles. The minimum absolute atomic E-state index is 0.118. The highest BCUT2D eigenvalue weighted by Gasteiger charge is 2.18. The number of hydrogen-bond acceptors (Lipinski definition) is 7. The first-order valence-corrected chi connectivity index (χ1v) is 10.1. The van der Waals surface area contributed by atoms with Gasteiger partial charge in [0.2, 0.25) is 0 Å². The zero-order valence-electron chi connectivity index (χ0n) is 15.3. The van der Waals surface area contributed by atoms with Crippen LogP contribution in [0.5, 0.6) is 11.5 Å². The van der Waals surface area contributed by atoms with E-state index in [0.29, 0.717) is 18.1 Å². The number of ether oxygens (including phenoxy) is 1. The molecule has 1 N–H and O–H groups in total. The molecule has 0 radical (unpaired) electrons. The third-order valence-corrected chi connectivity index (χ3v) is 6.09. The van der Waals surface area contributed by atoms with Gasteiger partial charge < -0.3 is 9.84 Å². The van der Waals surface area contributed by atoms with E-state index in [4.69, 9.17) is 4.74 Å². The standard InChI is InChI=1S/C20H22N4O2S/c1-26-16-10-13(8-9-15(16)25)11-23-24-19-18-14-6-4-2-3-5-7-17(14)27-20(18)22-12-21-19/h8-10,12,25H,2-7,11H2,1H3. The molecule has 0 fully saturated rings. The third-order valence-electron chi connectivity index (χ3n) is 4.89. The van der Waals surface area contributed by atoms with E-state index in [0.717, 1.165) is 28.6 Å².